The summed E-state index contributed by atoms with van der Waals surface area (Å²) in [5.41, 5.74) is 2.25. The van der Waals surface area contributed by atoms with E-state index < -0.39 is 11.6 Å². The minimum atomic E-state index is -0.851. The zero-order valence-corrected chi connectivity index (χ0v) is 12.0. The molecule has 2 N–H and O–H groups in total. The van der Waals surface area contributed by atoms with Crippen molar-refractivity contribution in [2.75, 3.05) is 6.61 Å². The van der Waals surface area contributed by atoms with Gasteiger partial charge in [-0.15, -0.1) is 0 Å². The second-order valence-corrected chi connectivity index (χ2v) is 5.62. The van der Waals surface area contributed by atoms with Crippen LogP contribution < -0.4 is 0 Å². The summed E-state index contributed by atoms with van der Waals surface area (Å²) in [6.45, 7) is 2.49. The Kier molecular flexibility index (Phi) is 3.22. The number of carboxylic acids is 1. The molecule has 2 aromatic rings. The van der Waals surface area contributed by atoms with Crippen LogP contribution in [0.4, 0.5) is 0 Å². The Hall–Kier alpha value is -1.52. The van der Waals surface area contributed by atoms with Gasteiger partial charge in [-0.25, -0.2) is 0 Å². The highest BCUT2D eigenvalue weighted by molar-refractivity contribution is 6.31. The smallest absolute Gasteiger partial charge is 0.306 e. The Balaban J connectivity index is 2.21. The van der Waals surface area contributed by atoms with Crippen LogP contribution in [0.2, 0.25) is 5.02 Å². The quantitative estimate of drug-likeness (QED) is 0.911. The Morgan fingerprint density at radius 2 is 2.35 bits per heavy atom. The second kappa shape index (κ2) is 4.79. The number of hydrogen-bond acceptors (Lipinski definition) is 2. The van der Waals surface area contributed by atoms with E-state index in [1.165, 1.54) is 0 Å². The summed E-state index contributed by atoms with van der Waals surface area (Å²) >= 11 is 6.07. The lowest BCUT2D eigenvalue weighted by molar-refractivity contribution is -0.148. The van der Waals surface area contributed by atoms with Gasteiger partial charge in [0, 0.05) is 15.9 Å². The van der Waals surface area contributed by atoms with Crippen molar-refractivity contribution in [3.63, 3.8) is 0 Å². The van der Waals surface area contributed by atoms with Gasteiger partial charge >= 0.3 is 5.97 Å². The van der Waals surface area contributed by atoms with E-state index in [1.807, 2.05) is 25.1 Å². The zero-order valence-electron chi connectivity index (χ0n) is 11.2. The first-order valence-electron chi connectivity index (χ1n) is 6.72. The lowest BCUT2D eigenvalue weighted by atomic mass is 9.86. The fourth-order valence-corrected chi connectivity index (χ4v) is 3.25. The van der Waals surface area contributed by atoms with Crippen LogP contribution in [-0.2, 0) is 21.6 Å². The van der Waals surface area contributed by atoms with Gasteiger partial charge in [-0.05, 0) is 36.6 Å². The van der Waals surface area contributed by atoms with Crippen LogP contribution in [-0.4, -0.2) is 22.7 Å². The van der Waals surface area contributed by atoms with Gasteiger partial charge in [0.15, 0.2) is 0 Å². The fourth-order valence-electron chi connectivity index (χ4n) is 3.08. The van der Waals surface area contributed by atoms with Crippen LogP contribution in [0.15, 0.2) is 18.2 Å². The van der Waals surface area contributed by atoms with Crippen molar-refractivity contribution in [2.45, 2.75) is 31.8 Å². The third-order valence-electron chi connectivity index (χ3n) is 4.06. The summed E-state index contributed by atoms with van der Waals surface area (Å²) in [4.78, 5) is 14.5. The van der Waals surface area contributed by atoms with Crippen LogP contribution in [0.3, 0.4) is 0 Å². The summed E-state index contributed by atoms with van der Waals surface area (Å²) in [5.74, 6) is -0.851. The molecule has 0 radical (unpaired) electrons. The number of carbonyl (C=O) groups is 1. The predicted octanol–water partition coefficient (Wildman–Crippen LogP) is 3.47. The summed E-state index contributed by atoms with van der Waals surface area (Å²) in [6, 6.07) is 5.69. The monoisotopic (exact) mass is 293 g/mol. The van der Waals surface area contributed by atoms with Gasteiger partial charge in [-0.1, -0.05) is 18.5 Å². The Bertz CT molecular complexity index is 679. The van der Waals surface area contributed by atoms with Crippen molar-refractivity contribution in [3.05, 3.63) is 34.5 Å². The van der Waals surface area contributed by atoms with Gasteiger partial charge in [-0.2, -0.15) is 0 Å². The molecular formula is C15H16ClNO3. The molecule has 1 aliphatic heterocycles. The van der Waals surface area contributed by atoms with E-state index in [1.54, 1.807) is 0 Å². The average molecular weight is 294 g/mol. The van der Waals surface area contributed by atoms with Gasteiger partial charge in [0.2, 0.25) is 0 Å². The first-order chi connectivity index (χ1) is 9.55. The molecular weight excluding hydrogens is 278 g/mol. The highest BCUT2D eigenvalue weighted by Gasteiger charge is 2.40. The molecule has 4 nitrogen and oxygen atoms in total. The third-order valence-corrected chi connectivity index (χ3v) is 4.30. The molecule has 3 rings (SSSR count). The first-order valence-corrected chi connectivity index (χ1v) is 7.10. The predicted molar refractivity (Wildman–Crippen MR) is 77.2 cm³/mol. The van der Waals surface area contributed by atoms with Crippen LogP contribution in [0.1, 0.15) is 31.0 Å². The number of H-pyrrole nitrogens is 1. The van der Waals surface area contributed by atoms with E-state index in [9.17, 15) is 9.90 Å². The molecule has 1 atom stereocenters. The average Bonchev–Trinajstić information content (AvgIpc) is 2.78. The van der Waals surface area contributed by atoms with Crippen LogP contribution in [0.25, 0.3) is 10.9 Å². The number of halogens is 1. The number of rotatable bonds is 3. The molecule has 0 amide bonds. The molecule has 1 unspecified atom stereocenters. The van der Waals surface area contributed by atoms with Crippen molar-refractivity contribution in [1.82, 2.24) is 4.98 Å². The molecule has 2 heterocycles. The number of fused-ring (bicyclic) bond motifs is 3. The molecule has 5 heteroatoms. The van der Waals surface area contributed by atoms with Crippen LogP contribution >= 0.6 is 11.6 Å². The molecule has 1 aliphatic rings. The van der Waals surface area contributed by atoms with E-state index >= 15 is 0 Å². The molecule has 106 valence electrons. The highest BCUT2D eigenvalue weighted by Crippen LogP contribution is 2.41. The number of nitrogens with one attached hydrogen (secondary N) is 1. The SMILES string of the molecule is CCC1(CC(=O)O)OCCc2c1[nH]c1ccc(Cl)cc21. The second-order valence-electron chi connectivity index (χ2n) is 5.19. The number of benzene rings is 1. The molecule has 0 saturated heterocycles. The molecule has 0 spiro atoms. The van der Waals surface area contributed by atoms with E-state index in [2.05, 4.69) is 4.98 Å². The van der Waals surface area contributed by atoms with Crippen molar-refractivity contribution in [3.8, 4) is 0 Å². The van der Waals surface area contributed by atoms with E-state index in [0.717, 1.165) is 28.6 Å². The van der Waals surface area contributed by atoms with E-state index in [0.29, 0.717) is 18.1 Å². The Labute approximate surface area is 121 Å². The number of carboxylic acid groups (broad SMARTS) is 1. The van der Waals surface area contributed by atoms with E-state index in [4.69, 9.17) is 16.3 Å². The molecule has 0 aliphatic carbocycles. The summed E-state index contributed by atoms with van der Waals surface area (Å²) < 4.78 is 5.87. The molecule has 0 saturated carbocycles. The van der Waals surface area contributed by atoms with Crippen molar-refractivity contribution < 1.29 is 14.6 Å². The van der Waals surface area contributed by atoms with Crippen molar-refractivity contribution in [2.24, 2.45) is 0 Å². The van der Waals surface area contributed by atoms with Gasteiger partial charge < -0.3 is 14.8 Å². The summed E-state index contributed by atoms with van der Waals surface area (Å²) in [6.07, 6.45) is 1.36. The number of aromatic nitrogens is 1. The number of hydrogen-bond donors (Lipinski definition) is 2. The molecule has 0 bridgehead atoms. The Morgan fingerprint density at radius 3 is 3.05 bits per heavy atom. The van der Waals surface area contributed by atoms with Gasteiger partial charge in [0.25, 0.3) is 0 Å². The Morgan fingerprint density at radius 1 is 1.55 bits per heavy atom. The standard InChI is InChI=1S/C15H16ClNO3/c1-2-15(8-13(18)19)14-10(5-6-20-15)11-7-9(16)3-4-12(11)17-14/h3-4,7,17H,2,5-6,8H2,1H3,(H,18,19). The molecule has 0 fully saturated rings. The minimum Gasteiger partial charge on any atom is -0.481 e. The zero-order chi connectivity index (χ0) is 14.3. The van der Waals surface area contributed by atoms with Gasteiger partial charge in [0.05, 0.1) is 18.7 Å². The van der Waals surface area contributed by atoms with Gasteiger partial charge in [-0.3, -0.25) is 4.79 Å². The number of aliphatic carboxylic acids is 1. The van der Waals surface area contributed by atoms with Crippen LogP contribution in [0, 0.1) is 0 Å². The maximum absolute atomic E-state index is 11.2. The molecule has 1 aromatic heterocycles. The maximum Gasteiger partial charge on any atom is 0.306 e. The summed E-state index contributed by atoms with van der Waals surface area (Å²) in [5, 5.41) is 10.9. The number of ether oxygens (including phenoxy) is 1. The summed E-state index contributed by atoms with van der Waals surface area (Å²) in [7, 11) is 0. The van der Waals surface area contributed by atoms with Crippen molar-refractivity contribution >= 4 is 28.5 Å². The maximum atomic E-state index is 11.2. The lowest BCUT2D eigenvalue weighted by Gasteiger charge is -2.35. The molecule has 20 heavy (non-hydrogen) atoms. The topological polar surface area (TPSA) is 62.3 Å². The normalized spacial score (nSPS) is 21.9. The first kappa shape index (κ1) is 13.5. The minimum absolute atomic E-state index is 0.0307. The fraction of sp³-hybridized carbons (Fsp3) is 0.400. The van der Waals surface area contributed by atoms with Crippen molar-refractivity contribution in [1.29, 1.82) is 0 Å². The van der Waals surface area contributed by atoms with E-state index in [-0.39, 0.29) is 6.42 Å². The highest BCUT2D eigenvalue weighted by atomic mass is 35.5. The third kappa shape index (κ3) is 2.00. The van der Waals surface area contributed by atoms with Crippen LogP contribution in [0.5, 0.6) is 0 Å². The largest absolute Gasteiger partial charge is 0.481 e. The molecule has 1 aromatic carbocycles. The van der Waals surface area contributed by atoms with Gasteiger partial charge in [0.1, 0.15) is 5.60 Å². The lowest BCUT2D eigenvalue weighted by Crippen LogP contribution is -2.37. The number of aromatic amines is 1.